The maximum Gasteiger partial charge on any atom is 0.371 e. The number of rotatable bonds is 3. The Hall–Kier alpha value is -1.38. The maximum atomic E-state index is 12.5. The lowest BCUT2D eigenvalue weighted by Gasteiger charge is -2.35. The second kappa shape index (κ2) is 4.87. The molecule has 0 spiro atoms. The fourth-order valence-corrected chi connectivity index (χ4v) is 4.46. The highest BCUT2D eigenvalue weighted by Gasteiger charge is 2.43. The molecule has 1 aliphatic heterocycles. The molecule has 0 radical (unpaired) electrons. The zero-order valence-electron chi connectivity index (χ0n) is 10.7. The van der Waals surface area contributed by atoms with E-state index >= 15 is 0 Å². The molecule has 2 fully saturated rings. The van der Waals surface area contributed by atoms with Crippen molar-refractivity contribution < 1.29 is 27.5 Å². The minimum Gasteiger partial charge on any atom is -0.475 e. The highest BCUT2D eigenvalue weighted by molar-refractivity contribution is 7.89. The van der Waals surface area contributed by atoms with E-state index in [1.807, 2.05) is 0 Å². The van der Waals surface area contributed by atoms with Gasteiger partial charge in [-0.1, -0.05) is 0 Å². The van der Waals surface area contributed by atoms with Crippen LogP contribution in [-0.2, 0) is 14.8 Å². The van der Waals surface area contributed by atoms with E-state index in [1.165, 1.54) is 10.4 Å². The molecule has 1 aromatic rings. The Balaban J connectivity index is 1.92. The van der Waals surface area contributed by atoms with E-state index in [-0.39, 0.29) is 29.5 Å². The van der Waals surface area contributed by atoms with Crippen LogP contribution in [0.5, 0.6) is 0 Å². The molecule has 2 atom stereocenters. The first-order valence-corrected chi connectivity index (χ1v) is 7.91. The van der Waals surface area contributed by atoms with E-state index in [2.05, 4.69) is 0 Å². The SMILES string of the molecule is O=C(O)c1ccc(S(=O)(=O)N2CCOC3CCCC32)o1. The van der Waals surface area contributed by atoms with Gasteiger partial charge in [0.25, 0.3) is 10.0 Å². The number of nitrogens with zero attached hydrogens (tertiary/aromatic N) is 1. The standard InChI is InChI=1S/C12H15NO6S/c14-12(15)10-4-5-11(19-10)20(16,17)13-6-7-18-9-3-1-2-8(9)13/h4-5,8-9H,1-3,6-7H2,(H,14,15). The van der Waals surface area contributed by atoms with Crippen molar-refractivity contribution in [1.82, 2.24) is 4.31 Å². The molecule has 1 saturated carbocycles. The van der Waals surface area contributed by atoms with Crippen LogP contribution in [0.1, 0.15) is 29.8 Å². The molecule has 0 amide bonds. The highest BCUT2D eigenvalue weighted by atomic mass is 32.2. The van der Waals surface area contributed by atoms with Crippen LogP contribution in [0.15, 0.2) is 21.6 Å². The van der Waals surface area contributed by atoms with Crippen LogP contribution in [0.2, 0.25) is 0 Å². The minimum atomic E-state index is -3.81. The second-order valence-electron chi connectivity index (χ2n) is 4.95. The van der Waals surface area contributed by atoms with Crippen molar-refractivity contribution in [3.05, 3.63) is 17.9 Å². The van der Waals surface area contributed by atoms with E-state index in [1.54, 1.807) is 0 Å². The van der Waals surface area contributed by atoms with Crippen molar-refractivity contribution in [2.75, 3.05) is 13.2 Å². The molecule has 1 aliphatic carbocycles. The van der Waals surface area contributed by atoms with Gasteiger partial charge in [-0.25, -0.2) is 13.2 Å². The van der Waals surface area contributed by atoms with Gasteiger partial charge in [-0.15, -0.1) is 0 Å². The molecule has 1 N–H and O–H groups in total. The van der Waals surface area contributed by atoms with E-state index in [0.717, 1.165) is 25.3 Å². The van der Waals surface area contributed by atoms with Gasteiger partial charge >= 0.3 is 5.97 Å². The number of carbonyl (C=O) groups is 1. The van der Waals surface area contributed by atoms with Crippen LogP contribution in [0.25, 0.3) is 0 Å². The molecule has 3 rings (SSSR count). The Kier molecular flexibility index (Phi) is 3.31. The number of ether oxygens (including phenoxy) is 1. The lowest BCUT2D eigenvalue weighted by Crippen LogP contribution is -2.51. The Bertz CT molecular complexity index is 622. The van der Waals surface area contributed by atoms with E-state index < -0.39 is 16.0 Å². The molecular formula is C12H15NO6S. The monoisotopic (exact) mass is 301 g/mol. The van der Waals surface area contributed by atoms with Crippen LogP contribution in [0, 0.1) is 0 Å². The quantitative estimate of drug-likeness (QED) is 0.891. The summed E-state index contributed by atoms with van der Waals surface area (Å²) in [5.41, 5.74) is 0. The lowest BCUT2D eigenvalue weighted by atomic mass is 10.2. The van der Waals surface area contributed by atoms with Gasteiger partial charge < -0.3 is 14.3 Å². The molecule has 1 aromatic heterocycles. The maximum absolute atomic E-state index is 12.5. The Morgan fingerprint density at radius 2 is 2.15 bits per heavy atom. The smallest absolute Gasteiger partial charge is 0.371 e. The zero-order valence-corrected chi connectivity index (χ0v) is 11.5. The van der Waals surface area contributed by atoms with Crippen molar-refractivity contribution >= 4 is 16.0 Å². The molecule has 7 nitrogen and oxygen atoms in total. The topological polar surface area (TPSA) is 97.0 Å². The number of fused-ring (bicyclic) bond motifs is 1. The van der Waals surface area contributed by atoms with Gasteiger partial charge in [0.05, 0.1) is 18.8 Å². The molecule has 2 unspecified atom stereocenters. The normalized spacial score (nSPS) is 27.4. The van der Waals surface area contributed by atoms with E-state index in [4.69, 9.17) is 14.3 Å². The third-order valence-corrected chi connectivity index (χ3v) is 5.59. The second-order valence-corrected chi connectivity index (χ2v) is 6.77. The van der Waals surface area contributed by atoms with Crippen LogP contribution in [0.4, 0.5) is 0 Å². The first-order valence-electron chi connectivity index (χ1n) is 6.47. The average molecular weight is 301 g/mol. The fourth-order valence-electron chi connectivity index (χ4n) is 2.88. The summed E-state index contributed by atoms with van der Waals surface area (Å²) in [6, 6.07) is 2.17. The van der Waals surface area contributed by atoms with Crippen molar-refractivity contribution in [3.63, 3.8) is 0 Å². The average Bonchev–Trinajstić information content (AvgIpc) is 3.07. The van der Waals surface area contributed by atoms with E-state index in [0.29, 0.717) is 6.61 Å². The number of sulfonamides is 1. The summed E-state index contributed by atoms with van der Waals surface area (Å²) >= 11 is 0. The number of carboxylic acids is 1. The summed E-state index contributed by atoms with van der Waals surface area (Å²) < 4.78 is 37.0. The highest BCUT2D eigenvalue weighted by Crippen LogP contribution is 2.33. The molecular weight excluding hydrogens is 286 g/mol. The predicted octanol–water partition coefficient (Wildman–Crippen LogP) is 0.920. The van der Waals surface area contributed by atoms with Gasteiger partial charge in [-0.05, 0) is 31.4 Å². The number of morpholine rings is 1. The zero-order chi connectivity index (χ0) is 14.3. The van der Waals surface area contributed by atoms with Gasteiger partial charge in [0.15, 0.2) is 0 Å². The number of furan rings is 1. The number of hydrogen-bond acceptors (Lipinski definition) is 5. The van der Waals surface area contributed by atoms with Crippen molar-refractivity contribution in [3.8, 4) is 0 Å². The van der Waals surface area contributed by atoms with Crippen molar-refractivity contribution in [1.29, 1.82) is 0 Å². The molecule has 2 heterocycles. The van der Waals surface area contributed by atoms with E-state index in [9.17, 15) is 13.2 Å². The summed E-state index contributed by atoms with van der Waals surface area (Å²) in [7, 11) is -3.81. The summed E-state index contributed by atoms with van der Waals surface area (Å²) in [5, 5.41) is 8.49. The molecule has 1 saturated heterocycles. The van der Waals surface area contributed by atoms with Gasteiger partial charge in [0.1, 0.15) is 0 Å². The first kappa shape index (κ1) is 13.6. The van der Waals surface area contributed by atoms with Gasteiger partial charge in [-0.2, -0.15) is 4.31 Å². The molecule has 2 aliphatic rings. The van der Waals surface area contributed by atoms with Crippen LogP contribution in [0.3, 0.4) is 0 Å². The first-order chi connectivity index (χ1) is 9.50. The Labute approximate surface area is 116 Å². The van der Waals surface area contributed by atoms with Crippen LogP contribution in [-0.4, -0.2) is 49.1 Å². The lowest BCUT2D eigenvalue weighted by molar-refractivity contribution is -0.0246. The number of hydrogen-bond donors (Lipinski definition) is 1. The van der Waals surface area contributed by atoms with Gasteiger partial charge in [0.2, 0.25) is 10.9 Å². The summed E-state index contributed by atoms with van der Waals surface area (Å²) in [4.78, 5) is 10.8. The molecule has 20 heavy (non-hydrogen) atoms. The minimum absolute atomic E-state index is 0.0626. The summed E-state index contributed by atoms with van der Waals surface area (Å²) in [6.45, 7) is 0.625. The third-order valence-electron chi connectivity index (χ3n) is 3.79. The fraction of sp³-hybridized carbons (Fsp3) is 0.583. The molecule has 110 valence electrons. The van der Waals surface area contributed by atoms with Crippen LogP contribution >= 0.6 is 0 Å². The number of carboxylic acid groups (broad SMARTS) is 1. The Morgan fingerprint density at radius 3 is 2.85 bits per heavy atom. The number of aromatic carboxylic acids is 1. The van der Waals surface area contributed by atoms with Gasteiger partial charge in [-0.3, -0.25) is 0 Å². The Morgan fingerprint density at radius 1 is 1.35 bits per heavy atom. The molecule has 0 aromatic carbocycles. The molecule has 0 bridgehead atoms. The van der Waals surface area contributed by atoms with Crippen molar-refractivity contribution in [2.45, 2.75) is 36.5 Å². The largest absolute Gasteiger partial charge is 0.475 e. The summed E-state index contributed by atoms with van der Waals surface area (Å²) in [6.07, 6.45) is 2.48. The predicted molar refractivity (Wildman–Crippen MR) is 66.9 cm³/mol. The third kappa shape index (κ3) is 2.13. The molecule has 8 heteroatoms. The summed E-state index contributed by atoms with van der Waals surface area (Å²) in [5.74, 6) is -1.66. The van der Waals surface area contributed by atoms with Crippen LogP contribution < -0.4 is 0 Å². The van der Waals surface area contributed by atoms with Gasteiger partial charge in [0, 0.05) is 6.54 Å². The van der Waals surface area contributed by atoms with Crippen molar-refractivity contribution in [2.24, 2.45) is 0 Å².